The molecule has 2 bridgehead atoms. The Kier molecular flexibility index (Phi) is 4.20. The number of para-hydroxylation sites is 1. The largest absolute Gasteiger partial charge is 0.466 e. The number of rotatable bonds is 4. The third-order valence-corrected chi connectivity index (χ3v) is 5.94. The Morgan fingerprint density at radius 2 is 1.57 bits per heavy atom. The molecule has 1 aromatic rings. The Bertz CT molecular complexity index is 902. The number of hydrogen-bond donors (Lipinski definition) is 0. The van der Waals surface area contributed by atoms with Gasteiger partial charge < -0.3 is 14.2 Å². The maximum Gasteiger partial charge on any atom is 0.333 e. The molecule has 0 spiro atoms. The van der Waals surface area contributed by atoms with Crippen molar-refractivity contribution in [3.8, 4) is 0 Å². The van der Waals surface area contributed by atoms with Crippen molar-refractivity contribution in [3.63, 3.8) is 0 Å². The Hall–Kier alpha value is -2.84. The van der Waals surface area contributed by atoms with Crippen molar-refractivity contribution in [2.75, 3.05) is 26.2 Å². The number of amides is 2. The van der Waals surface area contributed by atoms with Crippen molar-refractivity contribution in [2.45, 2.75) is 5.79 Å². The molecule has 2 amide bonds. The summed E-state index contributed by atoms with van der Waals surface area (Å²) in [6, 6.07) is 8.48. The van der Waals surface area contributed by atoms with Crippen LogP contribution in [0.4, 0.5) is 5.69 Å². The van der Waals surface area contributed by atoms with E-state index in [9.17, 15) is 19.2 Å². The number of Topliss-reactive ketones (excluding diaryl/α,β-unsaturated/α-hetero) is 1. The number of nitrogens with zero attached hydrogens (tertiary/aromatic N) is 1. The predicted octanol–water partition coefficient (Wildman–Crippen LogP) is 0.709. The molecular formula is C20H19NO7. The summed E-state index contributed by atoms with van der Waals surface area (Å²) < 4.78 is 15.7. The minimum Gasteiger partial charge on any atom is -0.466 e. The number of esters is 1. The van der Waals surface area contributed by atoms with Gasteiger partial charge in [-0.2, -0.15) is 0 Å². The fourth-order valence-electron chi connectivity index (χ4n) is 4.78. The second-order valence-corrected chi connectivity index (χ2v) is 6.96. The van der Waals surface area contributed by atoms with Crippen molar-refractivity contribution in [1.82, 2.24) is 0 Å². The van der Waals surface area contributed by atoms with E-state index in [1.807, 2.05) is 0 Å². The van der Waals surface area contributed by atoms with Crippen molar-refractivity contribution < 1.29 is 33.4 Å². The fraction of sp³-hybridized carbons (Fsp3) is 0.400. The van der Waals surface area contributed by atoms with Gasteiger partial charge in [0.05, 0.1) is 36.5 Å². The number of carbonyl (C=O) groups is 4. The molecule has 8 nitrogen and oxygen atoms in total. The number of ether oxygens (including phenoxy) is 3. The summed E-state index contributed by atoms with van der Waals surface area (Å²) in [5.41, 5.74) is 0.534. The van der Waals surface area contributed by atoms with Crippen LogP contribution in [0.5, 0.6) is 0 Å². The fourth-order valence-corrected chi connectivity index (χ4v) is 4.78. The number of carbonyl (C=O) groups excluding carboxylic acids is 4. The van der Waals surface area contributed by atoms with Crippen molar-refractivity contribution >= 4 is 29.3 Å². The summed E-state index contributed by atoms with van der Waals surface area (Å²) in [5, 5.41) is 0. The third-order valence-electron chi connectivity index (χ3n) is 5.94. The number of ketones is 1. The van der Waals surface area contributed by atoms with Crippen LogP contribution in [0, 0.1) is 23.7 Å². The second-order valence-electron chi connectivity index (χ2n) is 6.96. The van der Waals surface area contributed by atoms with Crippen LogP contribution in [0.15, 0.2) is 42.0 Å². The first-order chi connectivity index (χ1) is 13.4. The number of methoxy groups -OCH3 is 3. The summed E-state index contributed by atoms with van der Waals surface area (Å²) in [4.78, 5) is 53.1. The third kappa shape index (κ3) is 2.12. The van der Waals surface area contributed by atoms with Gasteiger partial charge in [0.25, 0.3) is 0 Å². The first-order valence-corrected chi connectivity index (χ1v) is 8.80. The molecule has 146 valence electrons. The molecule has 0 radical (unpaired) electrons. The van der Waals surface area contributed by atoms with Crippen LogP contribution in [0.3, 0.4) is 0 Å². The van der Waals surface area contributed by atoms with Crippen molar-refractivity contribution in [3.05, 3.63) is 42.0 Å². The molecule has 1 aliphatic heterocycles. The van der Waals surface area contributed by atoms with Gasteiger partial charge in [-0.25, -0.2) is 4.79 Å². The molecule has 0 N–H and O–H groups in total. The van der Waals surface area contributed by atoms with Gasteiger partial charge in [-0.1, -0.05) is 24.3 Å². The zero-order valence-corrected chi connectivity index (χ0v) is 15.6. The highest BCUT2D eigenvalue weighted by Crippen LogP contribution is 2.56. The van der Waals surface area contributed by atoms with Gasteiger partial charge in [-0.15, -0.1) is 0 Å². The minimum atomic E-state index is -1.83. The quantitative estimate of drug-likeness (QED) is 0.428. The van der Waals surface area contributed by atoms with Gasteiger partial charge in [-0.3, -0.25) is 19.3 Å². The minimum absolute atomic E-state index is 0.119. The number of allylic oxidation sites excluding steroid dienone is 1. The normalized spacial score (nSPS) is 30.3. The molecule has 4 atom stereocenters. The zero-order chi connectivity index (χ0) is 20.2. The van der Waals surface area contributed by atoms with Crippen LogP contribution in [-0.4, -0.2) is 50.7 Å². The lowest BCUT2D eigenvalue weighted by molar-refractivity contribution is -0.248. The van der Waals surface area contributed by atoms with Gasteiger partial charge in [-0.05, 0) is 12.1 Å². The lowest BCUT2D eigenvalue weighted by Gasteiger charge is -2.50. The van der Waals surface area contributed by atoms with E-state index in [1.165, 1.54) is 27.4 Å². The molecule has 3 aliphatic carbocycles. The van der Waals surface area contributed by atoms with Crippen molar-refractivity contribution in [1.29, 1.82) is 0 Å². The first kappa shape index (κ1) is 18.5. The van der Waals surface area contributed by atoms with Crippen LogP contribution in [0.2, 0.25) is 0 Å². The van der Waals surface area contributed by atoms with E-state index < -0.39 is 53.0 Å². The van der Waals surface area contributed by atoms with E-state index in [1.54, 1.807) is 30.3 Å². The molecule has 4 unspecified atom stereocenters. The highest BCUT2D eigenvalue weighted by Gasteiger charge is 2.72. The maximum atomic E-state index is 13.3. The van der Waals surface area contributed by atoms with E-state index >= 15 is 0 Å². The molecular weight excluding hydrogens is 366 g/mol. The summed E-state index contributed by atoms with van der Waals surface area (Å²) in [6.07, 6.45) is 1.43. The average Bonchev–Trinajstić information content (AvgIpc) is 3.00. The van der Waals surface area contributed by atoms with Crippen LogP contribution in [0.1, 0.15) is 0 Å². The van der Waals surface area contributed by atoms with E-state index in [2.05, 4.69) is 0 Å². The summed E-state index contributed by atoms with van der Waals surface area (Å²) in [6.45, 7) is 0. The van der Waals surface area contributed by atoms with Gasteiger partial charge in [0.15, 0.2) is 5.78 Å². The number of benzene rings is 1. The SMILES string of the molecule is COC(=O)C1=CC2C(=O)C(OC)(OC)C1C1C(=O)N(c3ccccc3)C(=O)C21. The highest BCUT2D eigenvalue weighted by atomic mass is 16.7. The van der Waals surface area contributed by atoms with Crippen LogP contribution < -0.4 is 4.90 Å². The number of hydrogen-bond acceptors (Lipinski definition) is 7. The monoisotopic (exact) mass is 385 g/mol. The maximum absolute atomic E-state index is 13.3. The Balaban J connectivity index is 1.89. The molecule has 1 saturated heterocycles. The van der Waals surface area contributed by atoms with E-state index in [0.717, 1.165) is 4.90 Å². The topological polar surface area (TPSA) is 99.2 Å². The predicted molar refractivity (Wildman–Crippen MR) is 94.8 cm³/mol. The lowest BCUT2D eigenvalue weighted by atomic mass is 9.56. The van der Waals surface area contributed by atoms with E-state index in [-0.39, 0.29) is 5.57 Å². The number of imide groups is 1. The van der Waals surface area contributed by atoms with Crippen LogP contribution in [-0.2, 0) is 33.4 Å². The molecule has 2 fully saturated rings. The molecule has 1 saturated carbocycles. The average molecular weight is 385 g/mol. The number of fused-ring (bicyclic) bond motifs is 1. The first-order valence-electron chi connectivity index (χ1n) is 8.80. The standard InChI is InChI=1S/C20H19NO7/c1-26-19(25)12-9-11-13-14(15(12)20(27-2,28-3)16(11)22)18(24)21(17(13)23)10-7-5-4-6-8-10/h4-9,11,13-15H,1-3H3. The molecule has 1 heterocycles. The van der Waals surface area contributed by atoms with Gasteiger partial charge in [0.1, 0.15) is 0 Å². The summed E-state index contributed by atoms with van der Waals surface area (Å²) in [5.74, 6) is -7.91. The van der Waals surface area contributed by atoms with E-state index in [4.69, 9.17) is 14.2 Å². The van der Waals surface area contributed by atoms with Gasteiger partial charge in [0.2, 0.25) is 17.6 Å². The zero-order valence-electron chi connectivity index (χ0n) is 15.6. The lowest BCUT2D eigenvalue weighted by Crippen LogP contribution is -2.65. The second kappa shape index (κ2) is 6.35. The van der Waals surface area contributed by atoms with Gasteiger partial charge in [0, 0.05) is 19.8 Å². The molecule has 28 heavy (non-hydrogen) atoms. The Labute approximate surface area is 161 Å². The summed E-state index contributed by atoms with van der Waals surface area (Å²) in [7, 11) is 3.77. The number of anilines is 1. The van der Waals surface area contributed by atoms with Gasteiger partial charge >= 0.3 is 5.97 Å². The Morgan fingerprint density at radius 1 is 0.964 bits per heavy atom. The molecule has 0 aromatic heterocycles. The van der Waals surface area contributed by atoms with Crippen LogP contribution in [0.25, 0.3) is 0 Å². The summed E-state index contributed by atoms with van der Waals surface area (Å²) >= 11 is 0. The molecule has 4 aliphatic rings. The van der Waals surface area contributed by atoms with Crippen molar-refractivity contribution in [2.24, 2.45) is 23.7 Å². The highest BCUT2D eigenvalue weighted by molar-refractivity contribution is 6.25. The molecule has 5 rings (SSSR count). The molecule has 1 aromatic carbocycles. The Morgan fingerprint density at radius 3 is 2.14 bits per heavy atom. The smallest absolute Gasteiger partial charge is 0.333 e. The molecule has 8 heteroatoms. The van der Waals surface area contributed by atoms with E-state index in [0.29, 0.717) is 5.69 Å². The van der Waals surface area contributed by atoms with Crippen LogP contribution >= 0.6 is 0 Å².